The summed E-state index contributed by atoms with van der Waals surface area (Å²) < 4.78 is 30.5. The number of piperidine rings is 1. The SMILES string of the molecule is CCCNC(=O)N1CCC(c2nnc(S(=O)(=O)Cc3ccccc3)o2)CC1. The highest BCUT2D eigenvalue weighted by molar-refractivity contribution is 7.90. The fourth-order valence-electron chi connectivity index (χ4n) is 3.04. The summed E-state index contributed by atoms with van der Waals surface area (Å²) >= 11 is 0. The number of aromatic nitrogens is 2. The minimum atomic E-state index is -3.68. The van der Waals surface area contributed by atoms with Gasteiger partial charge in [-0.3, -0.25) is 0 Å². The molecular formula is C18H24N4O4S. The first-order valence-corrected chi connectivity index (χ1v) is 10.8. The lowest BCUT2D eigenvalue weighted by atomic mass is 9.97. The largest absolute Gasteiger partial charge is 0.412 e. The van der Waals surface area contributed by atoms with Gasteiger partial charge in [-0.2, -0.15) is 0 Å². The lowest BCUT2D eigenvalue weighted by molar-refractivity contribution is 0.176. The average Bonchev–Trinajstić information content (AvgIpc) is 3.18. The van der Waals surface area contributed by atoms with E-state index in [2.05, 4.69) is 15.5 Å². The van der Waals surface area contributed by atoms with Gasteiger partial charge < -0.3 is 14.6 Å². The van der Waals surface area contributed by atoms with Gasteiger partial charge in [-0.25, -0.2) is 13.2 Å². The van der Waals surface area contributed by atoms with Crippen LogP contribution in [0.3, 0.4) is 0 Å². The lowest BCUT2D eigenvalue weighted by Crippen LogP contribution is -2.44. The maximum absolute atomic E-state index is 12.5. The smallest absolute Gasteiger partial charge is 0.335 e. The van der Waals surface area contributed by atoms with E-state index in [-0.39, 0.29) is 22.9 Å². The molecule has 2 amide bonds. The number of hydrogen-bond acceptors (Lipinski definition) is 6. The number of sulfone groups is 1. The minimum Gasteiger partial charge on any atom is -0.412 e. The van der Waals surface area contributed by atoms with Crippen molar-refractivity contribution < 1.29 is 17.6 Å². The van der Waals surface area contributed by atoms with E-state index in [1.807, 2.05) is 13.0 Å². The Morgan fingerprint density at radius 1 is 1.22 bits per heavy atom. The van der Waals surface area contributed by atoms with Crippen LogP contribution in [0, 0.1) is 0 Å². The van der Waals surface area contributed by atoms with Crippen molar-refractivity contribution in [2.75, 3.05) is 19.6 Å². The first-order valence-electron chi connectivity index (χ1n) is 9.12. The van der Waals surface area contributed by atoms with Crippen molar-refractivity contribution in [2.24, 2.45) is 0 Å². The van der Waals surface area contributed by atoms with Crippen LogP contribution in [0.2, 0.25) is 0 Å². The Morgan fingerprint density at radius 3 is 2.59 bits per heavy atom. The molecule has 8 nitrogen and oxygen atoms in total. The Labute approximate surface area is 158 Å². The molecule has 0 spiro atoms. The Kier molecular flexibility index (Phi) is 6.10. The first kappa shape index (κ1) is 19.3. The summed E-state index contributed by atoms with van der Waals surface area (Å²) in [7, 11) is -3.68. The zero-order valence-electron chi connectivity index (χ0n) is 15.3. The van der Waals surface area contributed by atoms with Crippen LogP contribution in [0.15, 0.2) is 40.0 Å². The lowest BCUT2D eigenvalue weighted by Gasteiger charge is -2.30. The fraction of sp³-hybridized carbons (Fsp3) is 0.500. The second kappa shape index (κ2) is 8.51. The molecule has 0 unspecified atom stereocenters. The van der Waals surface area contributed by atoms with Gasteiger partial charge in [-0.05, 0) is 24.8 Å². The number of likely N-dealkylation sites (tertiary alicyclic amines) is 1. The van der Waals surface area contributed by atoms with Gasteiger partial charge in [0, 0.05) is 25.6 Å². The number of amides is 2. The molecule has 1 fully saturated rings. The summed E-state index contributed by atoms with van der Waals surface area (Å²) in [5.41, 5.74) is 0.670. The van der Waals surface area contributed by atoms with E-state index in [4.69, 9.17) is 4.42 Å². The van der Waals surface area contributed by atoms with Gasteiger partial charge in [0.1, 0.15) is 0 Å². The standard InChI is InChI=1S/C18H24N4O4S/c1-2-10-19-17(23)22-11-8-15(9-12-22)16-20-21-18(26-16)27(24,25)13-14-6-4-3-5-7-14/h3-7,15H,2,8-13H2,1H3,(H,19,23). The number of hydrogen-bond donors (Lipinski definition) is 1. The van der Waals surface area contributed by atoms with Crippen LogP contribution >= 0.6 is 0 Å². The van der Waals surface area contributed by atoms with E-state index >= 15 is 0 Å². The maximum atomic E-state index is 12.5. The van der Waals surface area contributed by atoms with E-state index in [1.165, 1.54) is 0 Å². The number of rotatable bonds is 6. The molecule has 0 bridgehead atoms. The Bertz CT molecular complexity index is 858. The predicted octanol–water partition coefficient (Wildman–Crippen LogP) is 2.34. The normalized spacial score (nSPS) is 15.7. The number of carbonyl (C=O) groups excluding carboxylic acids is 1. The van der Waals surface area contributed by atoms with Crippen LogP contribution < -0.4 is 5.32 Å². The third-order valence-electron chi connectivity index (χ3n) is 4.55. The second-order valence-electron chi connectivity index (χ2n) is 6.64. The van der Waals surface area contributed by atoms with E-state index in [0.29, 0.717) is 43.9 Å². The van der Waals surface area contributed by atoms with E-state index in [0.717, 1.165) is 6.42 Å². The third kappa shape index (κ3) is 4.85. The maximum Gasteiger partial charge on any atom is 0.335 e. The number of nitrogens with one attached hydrogen (secondary N) is 1. The fourth-order valence-corrected chi connectivity index (χ4v) is 4.17. The van der Waals surface area contributed by atoms with Gasteiger partial charge >= 0.3 is 11.3 Å². The van der Waals surface area contributed by atoms with Crippen molar-refractivity contribution in [3.05, 3.63) is 41.8 Å². The minimum absolute atomic E-state index is 0.0339. The highest BCUT2D eigenvalue weighted by atomic mass is 32.2. The summed E-state index contributed by atoms with van der Waals surface area (Å²) in [4.78, 5) is 13.8. The predicted molar refractivity (Wildman–Crippen MR) is 98.9 cm³/mol. The summed E-state index contributed by atoms with van der Waals surface area (Å²) in [5, 5.41) is 10.2. The summed E-state index contributed by atoms with van der Waals surface area (Å²) in [6, 6.07) is 8.83. The number of nitrogens with zero attached hydrogens (tertiary/aromatic N) is 3. The average molecular weight is 392 g/mol. The highest BCUT2D eigenvalue weighted by Gasteiger charge is 2.30. The summed E-state index contributed by atoms with van der Waals surface area (Å²) in [6.07, 6.45) is 2.23. The van der Waals surface area contributed by atoms with Gasteiger partial charge in [-0.15, -0.1) is 5.10 Å². The second-order valence-corrected chi connectivity index (χ2v) is 8.51. The van der Waals surface area contributed by atoms with Crippen LogP contribution in [-0.2, 0) is 15.6 Å². The number of carbonyl (C=O) groups is 1. The molecule has 146 valence electrons. The van der Waals surface area contributed by atoms with Crippen LogP contribution in [0.25, 0.3) is 0 Å². The molecule has 2 heterocycles. The van der Waals surface area contributed by atoms with E-state index in [9.17, 15) is 13.2 Å². The molecule has 0 saturated carbocycles. The number of benzene rings is 1. The van der Waals surface area contributed by atoms with Gasteiger partial charge in [-0.1, -0.05) is 42.4 Å². The van der Waals surface area contributed by atoms with E-state index < -0.39 is 9.84 Å². The van der Waals surface area contributed by atoms with Crippen LogP contribution in [-0.4, -0.2) is 49.2 Å². The molecule has 27 heavy (non-hydrogen) atoms. The molecule has 1 aromatic heterocycles. The molecule has 1 aromatic carbocycles. The molecular weight excluding hydrogens is 368 g/mol. The zero-order chi connectivity index (χ0) is 19.3. The van der Waals surface area contributed by atoms with Gasteiger partial charge in [0.15, 0.2) is 0 Å². The van der Waals surface area contributed by atoms with Crippen LogP contribution in [0.5, 0.6) is 0 Å². The molecule has 0 aliphatic carbocycles. The van der Waals surface area contributed by atoms with Crippen molar-refractivity contribution in [2.45, 2.75) is 43.1 Å². The molecule has 3 rings (SSSR count). The van der Waals surface area contributed by atoms with Crippen molar-refractivity contribution in [3.63, 3.8) is 0 Å². The zero-order valence-corrected chi connectivity index (χ0v) is 16.1. The first-order chi connectivity index (χ1) is 13.0. The van der Waals surface area contributed by atoms with Crippen molar-refractivity contribution in [3.8, 4) is 0 Å². The third-order valence-corrected chi connectivity index (χ3v) is 5.96. The molecule has 2 aromatic rings. The quantitative estimate of drug-likeness (QED) is 0.809. The topological polar surface area (TPSA) is 105 Å². The molecule has 1 aliphatic heterocycles. The van der Waals surface area contributed by atoms with Gasteiger partial charge in [0.25, 0.3) is 0 Å². The monoisotopic (exact) mass is 392 g/mol. The molecule has 1 saturated heterocycles. The molecule has 9 heteroatoms. The van der Waals surface area contributed by atoms with Gasteiger partial charge in [0.2, 0.25) is 15.7 Å². The van der Waals surface area contributed by atoms with Crippen molar-refractivity contribution in [1.29, 1.82) is 0 Å². The molecule has 0 atom stereocenters. The molecule has 1 aliphatic rings. The Balaban J connectivity index is 1.60. The van der Waals surface area contributed by atoms with Gasteiger partial charge in [0.05, 0.1) is 5.75 Å². The van der Waals surface area contributed by atoms with E-state index in [1.54, 1.807) is 29.2 Å². The molecule has 0 radical (unpaired) electrons. The summed E-state index contributed by atoms with van der Waals surface area (Å²) in [5.74, 6) is 0.120. The van der Waals surface area contributed by atoms with Crippen molar-refractivity contribution in [1.82, 2.24) is 20.4 Å². The number of urea groups is 1. The molecule has 1 N–H and O–H groups in total. The van der Waals surface area contributed by atoms with Crippen LogP contribution in [0.1, 0.15) is 43.6 Å². The summed E-state index contributed by atoms with van der Waals surface area (Å²) in [6.45, 7) is 3.82. The highest BCUT2D eigenvalue weighted by Crippen LogP contribution is 2.28. The van der Waals surface area contributed by atoms with Crippen LogP contribution in [0.4, 0.5) is 4.79 Å². The van der Waals surface area contributed by atoms with Crippen molar-refractivity contribution >= 4 is 15.9 Å². The Hall–Kier alpha value is -2.42. The Morgan fingerprint density at radius 2 is 1.93 bits per heavy atom.